The summed E-state index contributed by atoms with van der Waals surface area (Å²) in [5, 5.41) is 9.79. The van der Waals surface area contributed by atoms with Crippen molar-refractivity contribution in [3.63, 3.8) is 0 Å². The normalized spacial score (nSPS) is 18.0. The van der Waals surface area contributed by atoms with Gasteiger partial charge in [-0.25, -0.2) is 5.01 Å². The summed E-state index contributed by atoms with van der Waals surface area (Å²) >= 11 is 0. The summed E-state index contributed by atoms with van der Waals surface area (Å²) in [7, 11) is 0. The second-order valence-corrected chi connectivity index (χ2v) is 10.4. The van der Waals surface area contributed by atoms with Gasteiger partial charge >= 0.3 is 0 Å². The summed E-state index contributed by atoms with van der Waals surface area (Å²) in [6.45, 7) is 3.02. The monoisotopic (exact) mass is 504 g/mol. The van der Waals surface area contributed by atoms with Crippen molar-refractivity contribution in [2.75, 3.05) is 6.61 Å². The summed E-state index contributed by atoms with van der Waals surface area (Å²) in [6.07, 6.45) is 8.18. The van der Waals surface area contributed by atoms with Crippen molar-refractivity contribution in [2.45, 2.75) is 64.1 Å². The largest absolute Gasteiger partial charge is 0.494 e. The molecule has 4 aromatic rings. The molecule has 0 unspecified atom stereocenters. The van der Waals surface area contributed by atoms with Gasteiger partial charge in [0.05, 0.1) is 18.4 Å². The average Bonchev–Trinajstić information content (AvgIpc) is 3.42. The zero-order valence-electron chi connectivity index (χ0n) is 22.2. The molecule has 0 aromatic heterocycles. The first kappa shape index (κ1) is 24.5. The van der Waals surface area contributed by atoms with Crippen molar-refractivity contribution in [2.24, 2.45) is 5.10 Å². The Balaban J connectivity index is 1.20. The highest BCUT2D eigenvalue weighted by Gasteiger charge is 2.40. The molecule has 4 heteroatoms. The predicted octanol–water partition coefficient (Wildman–Crippen LogP) is 8.82. The molecule has 0 N–H and O–H groups in total. The predicted molar refractivity (Wildman–Crippen MR) is 155 cm³/mol. The average molecular weight is 505 g/mol. The molecule has 194 valence electrons. The number of hydrogen-bond donors (Lipinski definition) is 0. The van der Waals surface area contributed by atoms with E-state index in [0.29, 0.717) is 0 Å². The summed E-state index contributed by atoms with van der Waals surface area (Å²) in [6, 6.07) is 32.0. The molecule has 0 saturated carbocycles. The number of ether oxygens (including phenoxy) is 2. The molecule has 4 aromatic carbocycles. The number of nitrogens with zero attached hydrogens (tertiary/aromatic N) is 2. The summed E-state index contributed by atoms with van der Waals surface area (Å²) in [5.74, 6) is 1.86. The van der Waals surface area contributed by atoms with E-state index in [0.717, 1.165) is 42.2 Å². The van der Waals surface area contributed by atoms with Crippen molar-refractivity contribution in [3.8, 4) is 11.5 Å². The Morgan fingerprint density at radius 2 is 1.58 bits per heavy atom. The zero-order chi connectivity index (χ0) is 25.7. The minimum atomic E-state index is -0.277. The molecule has 0 fully saturated rings. The SMILES string of the molecule is CCCCCCCCOc1ccc([C@H]2Oc3ccccc3[C@@H]3CC(c4ccc5ccccc5c4)=NN23)cc1. The van der Waals surface area contributed by atoms with Crippen molar-refractivity contribution in [3.05, 3.63) is 108 Å². The lowest BCUT2D eigenvalue weighted by molar-refractivity contribution is -0.0190. The Hall–Kier alpha value is -3.79. The quantitative estimate of drug-likeness (QED) is 0.202. The fourth-order valence-corrected chi connectivity index (χ4v) is 5.60. The third-order valence-corrected chi connectivity index (χ3v) is 7.71. The second-order valence-electron chi connectivity index (χ2n) is 10.4. The van der Waals surface area contributed by atoms with Crippen LogP contribution in [-0.4, -0.2) is 17.3 Å². The third-order valence-electron chi connectivity index (χ3n) is 7.71. The number of hydrogen-bond acceptors (Lipinski definition) is 4. The Bertz CT molecular complexity index is 1410. The van der Waals surface area contributed by atoms with Crippen LogP contribution in [0.1, 0.15) is 80.8 Å². The first-order chi connectivity index (χ1) is 18.8. The summed E-state index contributed by atoms with van der Waals surface area (Å²) < 4.78 is 12.6. The Labute approximate surface area is 225 Å². The second kappa shape index (κ2) is 11.3. The van der Waals surface area contributed by atoms with Gasteiger partial charge in [0.25, 0.3) is 0 Å². The maximum absolute atomic E-state index is 6.55. The summed E-state index contributed by atoms with van der Waals surface area (Å²) in [5.41, 5.74) is 4.56. The molecule has 0 radical (unpaired) electrons. The standard InChI is InChI=1S/C34H36N2O2/c1-2-3-4-5-6-11-22-37-29-20-18-26(19-21-29)34-36-32(30-14-9-10-15-33(30)38-34)24-31(35-36)28-17-16-25-12-7-8-13-27(25)23-28/h7-10,12-21,23,32,34H,2-6,11,22,24H2,1H3/t32-,34+/m0/s1. The zero-order valence-corrected chi connectivity index (χ0v) is 22.2. The Kier molecular flexibility index (Phi) is 7.30. The fraction of sp³-hybridized carbons (Fsp3) is 0.324. The highest BCUT2D eigenvalue weighted by atomic mass is 16.5. The fourth-order valence-electron chi connectivity index (χ4n) is 5.60. The third kappa shape index (κ3) is 5.13. The van der Waals surface area contributed by atoms with Gasteiger partial charge in [0.15, 0.2) is 0 Å². The van der Waals surface area contributed by atoms with Crippen molar-refractivity contribution in [1.82, 2.24) is 5.01 Å². The van der Waals surface area contributed by atoms with Gasteiger partial charge in [-0.15, -0.1) is 0 Å². The first-order valence-corrected chi connectivity index (χ1v) is 14.1. The molecule has 2 heterocycles. The molecule has 0 amide bonds. The van der Waals surface area contributed by atoms with Gasteiger partial charge in [0.1, 0.15) is 11.5 Å². The van der Waals surface area contributed by atoms with E-state index in [4.69, 9.17) is 14.6 Å². The van der Waals surface area contributed by atoms with Crippen LogP contribution in [-0.2, 0) is 0 Å². The maximum atomic E-state index is 6.55. The molecule has 38 heavy (non-hydrogen) atoms. The van der Waals surface area contributed by atoms with Crippen LogP contribution in [0.4, 0.5) is 0 Å². The van der Waals surface area contributed by atoms with Crippen LogP contribution in [0.15, 0.2) is 96.1 Å². The van der Waals surface area contributed by atoms with Crippen LogP contribution >= 0.6 is 0 Å². The molecule has 6 rings (SSSR count). The molecule has 0 aliphatic carbocycles. The molecule has 0 bridgehead atoms. The van der Waals surface area contributed by atoms with Crippen LogP contribution in [0.25, 0.3) is 10.8 Å². The topological polar surface area (TPSA) is 34.1 Å². The smallest absolute Gasteiger partial charge is 0.213 e. The van der Waals surface area contributed by atoms with Gasteiger partial charge in [0.2, 0.25) is 6.23 Å². The van der Waals surface area contributed by atoms with Crippen molar-refractivity contribution >= 4 is 16.5 Å². The van der Waals surface area contributed by atoms with Crippen LogP contribution in [0.2, 0.25) is 0 Å². The van der Waals surface area contributed by atoms with Crippen molar-refractivity contribution in [1.29, 1.82) is 0 Å². The number of rotatable bonds is 10. The van der Waals surface area contributed by atoms with E-state index in [-0.39, 0.29) is 12.3 Å². The van der Waals surface area contributed by atoms with E-state index in [9.17, 15) is 0 Å². The van der Waals surface area contributed by atoms with Gasteiger partial charge < -0.3 is 9.47 Å². The van der Waals surface area contributed by atoms with Crippen molar-refractivity contribution < 1.29 is 9.47 Å². The highest BCUT2D eigenvalue weighted by molar-refractivity contribution is 6.04. The van der Waals surface area contributed by atoms with Crippen LogP contribution < -0.4 is 9.47 Å². The molecule has 2 aliphatic rings. The molecule has 0 spiro atoms. The molecule has 2 atom stereocenters. The number of unbranched alkanes of at least 4 members (excludes halogenated alkanes) is 5. The minimum absolute atomic E-state index is 0.148. The number of fused-ring (bicyclic) bond motifs is 4. The molecular formula is C34H36N2O2. The van der Waals surface area contributed by atoms with Gasteiger partial charge in [-0.2, -0.15) is 5.10 Å². The number of hydrazone groups is 1. The van der Waals surface area contributed by atoms with E-state index in [1.165, 1.54) is 54.0 Å². The number of benzene rings is 4. The lowest BCUT2D eigenvalue weighted by atomic mass is 9.95. The number of para-hydroxylation sites is 1. The Morgan fingerprint density at radius 3 is 2.45 bits per heavy atom. The van der Waals surface area contributed by atoms with E-state index in [2.05, 4.69) is 96.9 Å². The maximum Gasteiger partial charge on any atom is 0.213 e. The lowest BCUT2D eigenvalue weighted by Gasteiger charge is -2.38. The first-order valence-electron chi connectivity index (χ1n) is 14.1. The molecule has 0 saturated heterocycles. The van der Waals surface area contributed by atoms with Crippen LogP contribution in [0.3, 0.4) is 0 Å². The highest BCUT2D eigenvalue weighted by Crippen LogP contribution is 2.47. The molecule has 4 nitrogen and oxygen atoms in total. The van der Waals surface area contributed by atoms with Crippen LogP contribution in [0.5, 0.6) is 11.5 Å². The van der Waals surface area contributed by atoms with Gasteiger partial charge in [0, 0.05) is 17.5 Å². The van der Waals surface area contributed by atoms with Gasteiger partial charge in [-0.3, -0.25) is 0 Å². The van der Waals surface area contributed by atoms with Gasteiger partial charge in [-0.1, -0.05) is 93.6 Å². The molecule has 2 aliphatic heterocycles. The lowest BCUT2D eigenvalue weighted by Crippen LogP contribution is -2.33. The van der Waals surface area contributed by atoms with E-state index < -0.39 is 0 Å². The van der Waals surface area contributed by atoms with Gasteiger partial charge in [-0.05, 0) is 59.2 Å². The van der Waals surface area contributed by atoms with Crippen LogP contribution in [0, 0.1) is 0 Å². The Morgan fingerprint density at radius 1 is 0.816 bits per heavy atom. The summed E-state index contributed by atoms with van der Waals surface area (Å²) in [4.78, 5) is 0. The molecular weight excluding hydrogens is 468 g/mol. The van der Waals surface area contributed by atoms with E-state index >= 15 is 0 Å². The minimum Gasteiger partial charge on any atom is -0.494 e. The van der Waals surface area contributed by atoms with E-state index in [1.54, 1.807) is 0 Å². The van der Waals surface area contributed by atoms with E-state index in [1.807, 2.05) is 6.07 Å².